The van der Waals surface area contributed by atoms with Gasteiger partial charge in [0.2, 0.25) is 11.7 Å². The molecule has 3 rings (SSSR count). The van der Waals surface area contributed by atoms with Crippen LogP contribution in [0.1, 0.15) is 31.1 Å². The molecule has 5 heteroatoms. The van der Waals surface area contributed by atoms with E-state index in [2.05, 4.69) is 10.1 Å². The summed E-state index contributed by atoms with van der Waals surface area (Å²) in [5, 5.41) is 7.83. The van der Waals surface area contributed by atoms with Gasteiger partial charge in [0, 0.05) is 17.4 Å². The van der Waals surface area contributed by atoms with Crippen molar-refractivity contribution in [2.75, 3.05) is 0 Å². The Hall–Kier alpha value is -1.49. The fraction of sp³-hybridized carbons (Fsp3) is 0.364. The SMILES string of the molecule is O=C1CCCC1c1nc(-c2ccsc2)no1. The lowest BCUT2D eigenvalue weighted by Crippen LogP contribution is -2.04. The minimum atomic E-state index is -0.167. The van der Waals surface area contributed by atoms with Crippen LogP contribution in [0.3, 0.4) is 0 Å². The molecule has 0 bridgehead atoms. The van der Waals surface area contributed by atoms with Gasteiger partial charge in [-0.1, -0.05) is 5.16 Å². The lowest BCUT2D eigenvalue weighted by Gasteiger charge is -1.98. The average Bonchev–Trinajstić information content (AvgIpc) is 2.96. The van der Waals surface area contributed by atoms with Gasteiger partial charge >= 0.3 is 0 Å². The highest BCUT2D eigenvalue weighted by atomic mass is 32.1. The summed E-state index contributed by atoms with van der Waals surface area (Å²) in [4.78, 5) is 15.8. The van der Waals surface area contributed by atoms with Crippen molar-refractivity contribution in [2.24, 2.45) is 0 Å². The van der Waals surface area contributed by atoms with Crippen LogP contribution in [0.15, 0.2) is 21.3 Å². The molecule has 2 aromatic heterocycles. The number of hydrogen-bond donors (Lipinski definition) is 0. The molecule has 1 aliphatic carbocycles. The quantitative estimate of drug-likeness (QED) is 0.801. The third-order valence-corrected chi connectivity index (χ3v) is 3.51. The molecule has 0 spiro atoms. The lowest BCUT2D eigenvalue weighted by atomic mass is 10.1. The van der Waals surface area contributed by atoms with Crippen molar-refractivity contribution in [3.05, 3.63) is 22.7 Å². The van der Waals surface area contributed by atoms with E-state index in [1.165, 1.54) is 0 Å². The molecule has 0 radical (unpaired) electrons. The summed E-state index contributed by atoms with van der Waals surface area (Å²) in [6.07, 6.45) is 2.41. The first-order chi connectivity index (χ1) is 7.84. The van der Waals surface area contributed by atoms with Crippen molar-refractivity contribution in [1.29, 1.82) is 0 Å². The van der Waals surface area contributed by atoms with Crippen molar-refractivity contribution >= 4 is 17.1 Å². The predicted molar refractivity (Wildman–Crippen MR) is 59.2 cm³/mol. The Balaban J connectivity index is 1.91. The molecule has 2 aromatic rings. The molecule has 0 amide bonds. The van der Waals surface area contributed by atoms with E-state index >= 15 is 0 Å². The monoisotopic (exact) mass is 234 g/mol. The van der Waals surface area contributed by atoms with E-state index in [0.717, 1.165) is 18.4 Å². The van der Waals surface area contributed by atoms with Gasteiger partial charge in [0.05, 0.1) is 5.92 Å². The minimum absolute atomic E-state index is 0.167. The van der Waals surface area contributed by atoms with Gasteiger partial charge in [-0.2, -0.15) is 16.3 Å². The fourth-order valence-corrected chi connectivity index (χ4v) is 2.60. The van der Waals surface area contributed by atoms with Gasteiger partial charge in [0.15, 0.2) is 0 Å². The molecule has 2 heterocycles. The first-order valence-corrected chi connectivity index (χ1v) is 6.18. The highest BCUT2D eigenvalue weighted by molar-refractivity contribution is 7.08. The number of Topliss-reactive ketones (excluding diaryl/α,β-unsaturated/α-hetero) is 1. The van der Waals surface area contributed by atoms with E-state index in [-0.39, 0.29) is 11.7 Å². The number of hydrogen-bond acceptors (Lipinski definition) is 5. The molecule has 1 unspecified atom stereocenters. The summed E-state index contributed by atoms with van der Waals surface area (Å²) < 4.78 is 5.17. The molecule has 0 aromatic carbocycles. The van der Waals surface area contributed by atoms with E-state index < -0.39 is 0 Å². The smallest absolute Gasteiger partial charge is 0.237 e. The topological polar surface area (TPSA) is 56.0 Å². The maximum atomic E-state index is 11.5. The van der Waals surface area contributed by atoms with E-state index in [4.69, 9.17) is 4.52 Å². The summed E-state index contributed by atoms with van der Waals surface area (Å²) in [7, 11) is 0. The second-order valence-corrected chi connectivity index (χ2v) is 4.66. The Morgan fingerprint density at radius 3 is 3.12 bits per heavy atom. The normalized spacial score (nSPS) is 20.5. The second-order valence-electron chi connectivity index (χ2n) is 3.88. The zero-order chi connectivity index (χ0) is 11.0. The first kappa shape index (κ1) is 9.72. The Kier molecular flexibility index (Phi) is 2.32. The molecular weight excluding hydrogens is 224 g/mol. The number of carbonyl (C=O) groups excluding carboxylic acids is 1. The Bertz CT molecular complexity index is 504. The van der Waals surface area contributed by atoms with Crippen LogP contribution >= 0.6 is 11.3 Å². The molecule has 4 nitrogen and oxygen atoms in total. The van der Waals surface area contributed by atoms with Gasteiger partial charge in [-0.05, 0) is 24.3 Å². The third-order valence-electron chi connectivity index (χ3n) is 2.82. The first-order valence-electron chi connectivity index (χ1n) is 5.23. The zero-order valence-electron chi connectivity index (χ0n) is 8.55. The van der Waals surface area contributed by atoms with Crippen LogP contribution in [0.5, 0.6) is 0 Å². The van der Waals surface area contributed by atoms with Crippen LogP contribution in [0.2, 0.25) is 0 Å². The summed E-state index contributed by atoms with van der Waals surface area (Å²) in [6, 6.07) is 1.94. The van der Waals surface area contributed by atoms with Crippen LogP contribution < -0.4 is 0 Å². The van der Waals surface area contributed by atoms with Crippen LogP contribution in [0, 0.1) is 0 Å². The fourth-order valence-electron chi connectivity index (χ4n) is 1.96. The largest absolute Gasteiger partial charge is 0.338 e. The number of nitrogens with zero attached hydrogens (tertiary/aromatic N) is 2. The number of ketones is 1. The molecule has 1 saturated carbocycles. The maximum absolute atomic E-state index is 11.5. The van der Waals surface area contributed by atoms with Gasteiger partial charge in [0.1, 0.15) is 5.78 Å². The molecule has 1 atom stereocenters. The van der Waals surface area contributed by atoms with Gasteiger partial charge in [-0.25, -0.2) is 0 Å². The molecule has 16 heavy (non-hydrogen) atoms. The van der Waals surface area contributed by atoms with E-state index in [9.17, 15) is 4.79 Å². The van der Waals surface area contributed by atoms with Crippen molar-refractivity contribution in [2.45, 2.75) is 25.2 Å². The van der Waals surface area contributed by atoms with E-state index in [1.807, 2.05) is 16.8 Å². The molecule has 0 N–H and O–H groups in total. The van der Waals surface area contributed by atoms with Gasteiger partial charge in [-0.15, -0.1) is 0 Å². The highest BCUT2D eigenvalue weighted by Crippen LogP contribution is 2.31. The number of carbonyl (C=O) groups is 1. The Labute approximate surface area is 96.3 Å². The predicted octanol–water partition coefficient (Wildman–Crippen LogP) is 2.63. The number of aromatic nitrogens is 2. The average molecular weight is 234 g/mol. The van der Waals surface area contributed by atoms with Crippen molar-refractivity contribution < 1.29 is 9.32 Å². The molecule has 82 valence electrons. The van der Waals surface area contributed by atoms with Crippen LogP contribution in [-0.4, -0.2) is 15.9 Å². The van der Waals surface area contributed by atoms with Crippen molar-refractivity contribution in [1.82, 2.24) is 10.1 Å². The van der Waals surface area contributed by atoms with Crippen molar-refractivity contribution in [3.63, 3.8) is 0 Å². The molecule has 0 aliphatic heterocycles. The van der Waals surface area contributed by atoms with E-state index in [0.29, 0.717) is 18.1 Å². The maximum Gasteiger partial charge on any atom is 0.237 e. The van der Waals surface area contributed by atoms with Crippen molar-refractivity contribution in [3.8, 4) is 11.4 Å². The summed E-state index contributed by atoms with van der Waals surface area (Å²) in [5.41, 5.74) is 0.949. The Morgan fingerprint density at radius 2 is 2.44 bits per heavy atom. The standard InChI is InChI=1S/C11H10N2O2S/c14-9-3-1-2-8(9)11-12-10(13-15-11)7-4-5-16-6-7/h4-6,8H,1-3H2. The third kappa shape index (κ3) is 1.57. The van der Waals surface area contributed by atoms with E-state index in [1.54, 1.807) is 11.3 Å². The number of rotatable bonds is 2. The Morgan fingerprint density at radius 1 is 1.50 bits per heavy atom. The summed E-state index contributed by atoms with van der Waals surface area (Å²) in [6.45, 7) is 0. The van der Waals surface area contributed by atoms with Crippen LogP contribution in [0.25, 0.3) is 11.4 Å². The summed E-state index contributed by atoms with van der Waals surface area (Å²) in [5.74, 6) is 1.11. The molecule has 1 aliphatic rings. The van der Waals surface area contributed by atoms with Crippen LogP contribution in [0.4, 0.5) is 0 Å². The summed E-state index contributed by atoms with van der Waals surface area (Å²) >= 11 is 1.59. The minimum Gasteiger partial charge on any atom is -0.338 e. The van der Waals surface area contributed by atoms with Gasteiger partial charge in [-0.3, -0.25) is 4.79 Å². The molecule has 1 fully saturated rings. The zero-order valence-corrected chi connectivity index (χ0v) is 9.37. The van der Waals surface area contributed by atoms with Gasteiger partial charge < -0.3 is 4.52 Å². The highest BCUT2D eigenvalue weighted by Gasteiger charge is 2.30. The number of thiophene rings is 1. The molecule has 0 saturated heterocycles. The van der Waals surface area contributed by atoms with Gasteiger partial charge in [0.25, 0.3) is 0 Å². The lowest BCUT2D eigenvalue weighted by molar-refractivity contribution is -0.119. The molecular formula is C11H10N2O2S. The second kappa shape index (κ2) is 3.83. The van der Waals surface area contributed by atoms with Crippen LogP contribution in [-0.2, 0) is 4.79 Å².